The summed E-state index contributed by atoms with van der Waals surface area (Å²) < 4.78 is 15.4. The molecule has 0 heterocycles. The smallest absolute Gasteiger partial charge is 0.790 e. The Morgan fingerprint density at radius 1 is 0.607 bits per heavy atom. The van der Waals surface area contributed by atoms with Crippen molar-refractivity contribution >= 4 is 7.82 Å². The first-order valence-corrected chi connectivity index (χ1v) is 12.7. The van der Waals surface area contributed by atoms with Gasteiger partial charge in [-0.25, -0.2) is 0 Å². The summed E-state index contributed by atoms with van der Waals surface area (Å²) in [7, 11) is -4.84. The van der Waals surface area contributed by atoms with Crippen molar-refractivity contribution in [3.05, 3.63) is 0 Å². The average Bonchev–Trinajstić information content (AvgIpc) is 2.57. The van der Waals surface area contributed by atoms with E-state index < -0.39 is 13.9 Å². The Morgan fingerprint density at radius 3 is 1.29 bits per heavy atom. The maximum Gasteiger partial charge on any atom is 1.00 e. The maximum atomic E-state index is 10.7. The molecule has 0 aromatic carbocycles. The molecule has 0 saturated heterocycles. The fraction of sp³-hybridized carbons (Fsp3) is 1.00. The van der Waals surface area contributed by atoms with Crippen molar-refractivity contribution in [3.8, 4) is 0 Å². The van der Waals surface area contributed by atoms with E-state index in [1.807, 2.05) is 6.92 Å². The molecule has 0 aliphatic rings. The third-order valence-electron chi connectivity index (χ3n) is 5.02. The van der Waals surface area contributed by atoms with Crippen molar-refractivity contribution < 1.29 is 122 Å². The molecule has 4 nitrogen and oxygen atoms in total. The van der Waals surface area contributed by atoms with Crippen molar-refractivity contribution in [1.29, 1.82) is 0 Å². The number of hydrogen-bond acceptors (Lipinski definition) is 4. The predicted molar refractivity (Wildman–Crippen MR) is 107 cm³/mol. The number of unbranched alkanes of at least 4 members (excludes halogenated alkanes) is 14. The minimum absolute atomic E-state index is 0. The van der Waals surface area contributed by atoms with Crippen LogP contribution >= 0.6 is 7.82 Å². The zero-order valence-corrected chi connectivity index (χ0v) is 26.5. The van der Waals surface area contributed by atoms with E-state index in [-0.39, 0.29) is 103 Å². The molecule has 0 aliphatic heterocycles. The van der Waals surface area contributed by atoms with Gasteiger partial charge in [-0.05, 0) is 12.8 Å². The summed E-state index contributed by atoms with van der Waals surface area (Å²) in [6.45, 7) is 4.24. The topological polar surface area (TPSA) is 72.4 Å². The van der Waals surface area contributed by atoms with Gasteiger partial charge in [-0.2, -0.15) is 0 Å². The van der Waals surface area contributed by atoms with Gasteiger partial charge in [0.1, 0.15) is 0 Å². The van der Waals surface area contributed by atoms with Crippen LogP contribution in [-0.2, 0) is 9.09 Å². The van der Waals surface area contributed by atoms with E-state index in [0.29, 0.717) is 12.8 Å². The molecule has 0 radical (unpaired) electrons. The van der Waals surface area contributed by atoms with E-state index in [2.05, 4.69) is 11.4 Å². The maximum absolute atomic E-state index is 10.7. The minimum Gasteiger partial charge on any atom is -0.790 e. The van der Waals surface area contributed by atoms with Crippen molar-refractivity contribution in [1.82, 2.24) is 0 Å². The summed E-state index contributed by atoms with van der Waals surface area (Å²) in [5.74, 6) is 0. The quantitative estimate of drug-likeness (QED) is 0.146. The van der Waals surface area contributed by atoms with Gasteiger partial charge in [0, 0.05) is 0 Å². The second-order valence-corrected chi connectivity index (χ2v) is 8.81. The fourth-order valence-corrected chi connectivity index (χ4v) is 4.07. The molecule has 0 amide bonds. The van der Waals surface area contributed by atoms with Gasteiger partial charge >= 0.3 is 103 Å². The molecule has 0 rings (SSSR count). The van der Waals surface area contributed by atoms with Crippen LogP contribution in [0.1, 0.15) is 129 Å². The Kier molecular flexibility index (Phi) is 34.2. The molecule has 0 aromatic rings. The van der Waals surface area contributed by atoms with Crippen LogP contribution in [0.5, 0.6) is 0 Å². The first kappa shape index (κ1) is 36.0. The largest absolute Gasteiger partial charge is 1.00 e. The van der Waals surface area contributed by atoms with Crippen LogP contribution in [0, 0.1) is 0 Å². The van der Waals surface area contributed by atoms with Crippen LogP contribution in [0.3, 0.4) is 0 Å². The standard InChI is InChI=1S/C21H45O4P.2K/c1-3-5-6-7-8-9-10-11-12-13-14-15-16-17-18-20-21(19-4-2)25-26(22,23)24;;/h21H,3-20H2,1-2H3,(H2,22,23,24);;/q;2*+1/p-2. The summed E-state index contributed by atoms with van der Waals surface area (Å²) in [6, 6.07) is 0. The average molecular weight is 469 g/mol. The molecule has 0 N–H and O–H groups in total. The number of phosphoric ester groups is 1. The van der Waals surface area contributed by atoms with Crippen LogP contribution in [0.15, 0.2) is 0 Å². The van der Waals surface area contributed by atoms with E-state index in [0.717, 1.165) is 19.3 Å². The Morgan fingerprint density at radius 2 is 0.964 bits per heavy atom. The van der Waals surface area contributed by atoms with Gasteiger partial charge in [-0.15, -0.1) is 0 Å². The van der Waals surface area contributed by atoms with Gasteiger partial charge < -0.3 is 18.9 Å². The van der Waals surface area contributed by atoms with Crippen LogP contribution in [0.2, 0.25) is 0 Å². The Balaban J connectivity index is -0.00000312. The molecule has 1 atom stereocenters. The van der Waals surface area contributed by atoms with Gasteiger partial charge in [0.25, 0.3) is 0 Å². The molecule has 0 fully saturated rings. The molecule has 0 bridgehead atoms. The molecule has 7 heteroatoms. The van der Waals surface area contributed by atoms with Crippen molar-refractivity contribution in [2.45, 2.75) is 136 Å². The van der Waals surface area contributed by atoms with Gasteiger partial charge in [0.2, 0.25) is 0 Å². The Hall–Kier alpha value is 3.38. The summed E-state index contributed by atoms with van der Waals surface area (Å²) in [4.78, 5) is 21.5. The van der Waals surface area contributed by atoms with Crippen LogP contribution < -0.4 is 113 Å². The number of hydrogen-bond donors (Lipinski definition) is 0. The molecule has 0 spiro atoms. The number of rotatable bonds is 20. The van der Waals surface area contributed by atoms with Crippen LogP contribution in [0.4, 0.5) is 0 Å². The van der Waals surface area contributed by atoms with E-state index in [9.17, 15) is 14.4 Å². The predicted octanol–water partition coefficient (Wildman–Crippen LogP) is 0.270. The van der Waals surface area contributed by atoms with Gasteiger partial charge in [0.15, 0.2) is 0 Å². The van der Waals surface area contributed by atoms with E-state index in [4.69, 9.17) is 0 Å². The molecule has 0 saturated carbocycles. The summed E-state index contributed by atoms with van der Waals surface area (Å²) in [6.07, 6.45) is 21.4. The zero-order valence-electron chi connectivity index (χ0n) is 19.4. The molecule has 0 aliphatic carbocycles. The van der Waals surface area contributed by atoms with Crippen LogP contribution in [0.25, 0.3) is 0 Å². The Labute approximate surface area is 260 Å². The first-order chi connectivity index (χ1) is 12.5. The van der Waals surface area contributed by atoms with E-state index in [1.165, 1.54) is 83.5 Å². The fourth-order valence-electron chi connectivity index (χ4n) is 3.50. The molecule has 158 valence electrons. The van der Waals surface area contributed by atoms with Crippen molar-refractivity contribution in [3.63, 3.8) is 0 Å². The third-order valence-corrected chi connectivity index (χ3v) is 5.57. The summed E-state index contributed by atoms with van der Waals surface area (Å²) in [5, 5.41) is 0. The van der Waals surface area contributed by atoms with Gasteiger partial charge in [-0.3, -0.25) is 0 Å². The Bertz CT molecular complexity index is 340. The molecule has 0 aromatic heterocycles. The van der Waals surface area contributed by atoms with E-state index in [1.54, 1.807) is 0 Å². The minimum atomic E-state index is -4.84. The first-order valence-electron chi connectivity index (χ1n) is 11.2. The monoisotopic (exact) mass is 468 g/mol. The third kappa shape index (κ3) is 29.4. The van der Waals surface area contributed by atoms with Crippen molar-refractivity contribution in [2.75, 3.05) is 0 Å². The van der Waals surface area contributed by atoms with Crippen molar-refractivity contribution in [2.24, 2.45) is 0 Å². The molecular formula is C21H43K2O4P. The summed E-state index contributed by atoms with van der Waals surface area (Å²) >= 11 is 0. The van der Waals surface area contributed by atoms with E-state index >= 15 is 0 Å². The molecule has 1 unspecified atom stereocenters. The second kappa shape index (κ2) is 26.6. The second-order valence-electron chi connectivity index (χ2n) is 7.70. The zero-order chi connectivity index (χ0) is 19.5. The normalized spacial score (nSPS) is 12.3. The molecular weight excluding hydrogens is 425 g/mol. The van der Waals surface area contributed by atoms with Crippen LogP contribution in [-0.4, -0.2) is 6.10 Å². The molecule has 28 heavy (non-hydrogen) atoms. The SMILES string of the molecule is CCCCCCCCCCCCCCCCCC(CCC)OP(=O)([O-])[O-].[K+].[K+]. The summed E-state index contributed by atoms with van der Waals surface area (Å²) in [5.41, 5.74) is 0. The van der Waals surface area contributed by atoms with Gasteiger partial charge in [0.05, 0.1) is 13.9 Å². The number of phosphoric acid groups is 1. The van der Waals surface area contributed by atoms with Gasteiger partial charge in [-0.1, -0.05) is 117 Å².